The number of aromatic nitrogens is 1. The molecule has 1 aromatic rings. The van der Waals surface area contributed by atoms with E-state index in [4.69, 9.17) is 4.74 Å². The van der Waals surface area contributed by atoms with Crippen LogP contribution in [0.25, 0.3) is 0 Å². The third-order valence-electron chi connectivity index (χ3n) is 5.67. The summed E-state index contributed by atoms with van der Waals surface area (Å²) in [4.78, 5) is 29.9. The van der Waals surface area contributed by atoms with E-state index in [1.807, 2.05) is 11.9 Å². The van der Waals surface area contributed by atoms with Crippen LogP contribution in [0.5, 0.6) is 5.75 Å². The molecule has 0 spiro atoms. The van der Waals surface area contributed by atoms with Crippen molar-refractivity contribution in [1.82, 2.24) is 14.4 Å². The smallest absolute Gasteiger partial charge is 0.259 e. The molecule has 6 nitrogen and oxygen atoms in total. The van der Waals surface area contributed by atoms with Gasteiger partial charge in [-0.3, -0.25) is 9.59 Å². The summed E-state index contributed by atoms with van der Waals surface area (Å²) in [5.41, 5.74) is 1.38. The number of fused-ring (bicyclic) bond motifs is 1. The van der Waals surface area contributed by atoms with E-state index < -0.39 is 0 Å². The van der Waals surface area contributed by atoms with Crippen molar-refractivity contribution in [3.8, 4) is 5.75 Å². The number of likely N-dealkylation sites (tertiary alicyclic amines) is 1. The number of hydrogen-bond acceptors (Lipinski definition) is 4. The number of piperidine rings is 1. The molecule has 1 saturated heterocycles. The van der Waals surface area contributed by atoms with E-state index >= 15 is 0 Å². The molecule has 3 heterocycles. The number of pyridine rings is 1. The Hall–Kier alpha value is -1.82. The highest BCUT2D eigenvalue weighted by atomic mass is 16.5. The van der Waals surface area contributed by atoms with Gasteiger partial charge in [0.15, 0.2) is 0 Å². The zero-order valence-corrected chi connectivity index (χ0v) is 15.6. The third kappa shape index (κ3) is 3.59. The minimum atomic E-state index is -0.0627. The van der Waals surface area contributed by atoms with Crippen molar-refractivity contribution < 1.29 is 9.53 Å². The van der Waals surface area contributed by atoms with Gasteiger partial charge in [0.2, 0.25) is 0 Å². The van der Waals surface area contributed by atoms with Crippen molar-refractivity contribution in [1.29, 1.82) is 0 Å². The summed E-state index contributed by atoms with van der Waals surface area (Å²) in [6.07, 6.45) is 5.80. The van der Waals surface area contributed by atoms with Crippen molar-refractivity contribution in [2.45, 2.75) is 51.1 Å². The zero-order valence-electron chi connectivity index (χ0n) is 15.6. The molecule has 0 N–H and O–H groups in total. The molecule has 2 aliphatic rings. The summed E-state index contributed by atoms with van der Waals surface area (Å²) in [5, 5.41) is 0. The van der Waals surface area contributed by atoms with Crippen LogP contribution in [0.2, 0.25) is 0 Å². The standard InChI is InChI=1S/C19H29N3O3/c1-20-11-8-14(9-12-20)21(2)19(24)18-15-7-5-4-6-10-22(15)17(23)13-16(18)25-3/h13-14H,4-12H2,1-3H3. The van der Waals surface area contributed by atoms with Crippen LogP contribution in [0.3, 0.4) is 0 Å². The van der Waals surface area contributed by atoms with E-state index in [9.17, 15) is 9.59 Å². The average molecular weight is 347 g/mol. The molecule has 0 aliphatic carbocycles. The minimum Gasteiger partial charge on any atom is -0.496 e. The highest BCUT2D eigenvalue weighted by Gasteiger charge is 2.30. The maximum atomic E-state index is 13.3. The maximum Gasteiger partial charge on any atom is 0.259 e. The number of carbonyl (C=O) groups is 1. The summed E-state index contributed by atoms with van der Waals surface area (Å²) in [6, 6.07) is 1.72. The van der Waals surface area contributed by atoms with Gasteiger partial charge in [0.05, 0.1) is 7.11 Å². The molecule has 0 radical (unpaired) electrons. The van der Waals surface area contributed by atoms with Gasteiger partial charge in [-0.2, -0.15) is 0 Å². The summed E-state index contributed by atoms with van der Waals surface area (Å²) >= 11 is 0. The van der Waals surface area contributed by atoms with Crippen molar-refractivity contribution in [3.63, 3.8) is 0 Å². The van der Waals surface area contributed by atoms with Crippen LogP contribution >= 0.6 is 0 Å². The maximum absolute atomic E-state index is 13.3. The first-order chi connectivity index (χ1) is 12.0. The Morgan fingerprint density at radius 1 is 1.20 bits per heavy atom. The highest BCUT2D eigenvalue weighted by Crippen LogP contribution is 2.27. The highest BCUT2D eigenvalue weighted by molar-refractivity contribution is 5.98. The van der Waals surface area contributed by atoms with Crippen LogP contribution < -0.4 is 10.3 Å². The number of hydrogen-bond donors (Lipinski definition) is 0. The van der Waals surface area contributed by atoms with Gasteiger partial charge in [-0.05, 0) is 52.2 Å². The van der Waals surface area contributed by atoms with Gasteiger partial charge in [-0.1, -0.05) is 6.42 Å². The van der Waals surface area contributed by atoms with Crippen LogP contribution in [-0.2, 0) is 13.0 Å². The molecule has 6 heteroatoms. The first-order valence-corrected chi connectivity index (χ1v) is 9.29. The van der Waals surface area contributed by atoms with Gasteiger partial charge in [0, 0.05) is 31.4 Å². The molecule has 0 aromatic carbocycles. The predicted molar refractivity (Wildman–Crippen MR) is 97.4 cm³/mol. The monoisotopic (exact) mass is 347 g/mol. The number of carbonyl (C=O) groups excluding carboxylic acids is 1. The summed E-state index contributed by atoms with van der Waals surface area (Å²) in [5.74, 6) is 0.403. The fraction of sp³-hybridized carbons (Fsp3) is 0.684. The van der Waals surface area contributed by atoms with E-state index in [2.05, 4.69) is 11.9 Å². The molecule has 1 aromatic heterocycles. The van der Waals surface area contributed by atoms with Gasteiger partial charge >= 0.3 is 0 Å². The predicted octanol–water partition coefficient (Wildman–Crippen LogP) is 1.75. The van der Waals surface area contributed by atoms with Gasteiger partial charge in [0.25, 0.3) is 11.5 Å². The van der Waals surface area contributed by atoms with E-state index in [1.165, 1.54) is 13.2 Å². The molecule has 25 heavy (non-hydrogen) atoms. The topological polar surface area (TPSA) is 54.8 Å². The minimum absolute atomic E-state index is 0.0166. The third-order valence-corrected chi connectivity index (χ3v) is 5.67. The van der Waals surface area contributed by atoms with Crippen molar-refractivity contribution >= 4 is 5.91 Å². The summed E-state index contributed by atoms with van der Waals surface area (Å²) in [6.45, 7) is 2.70. The number of nitrogens with zero attached hydrogens (tertiary/aromatic N) is 3. The number of amides is 1. The summed E-state index contributed by atoms with van der Waals surface area (Å²) in [7, 11) is 5.54. The Morgan fingerprint density at radius 3 is 2.60 bits per heavy atom. The van der Waals surface area contributed by atoms with Crippen molar-refractivity contribution in [2.24, 2.45) is 0 Å². The molecule has 138 valence electrons. The van der Waals surface area contributed by atoms with Crippen LogP contribution in [0, 0.1) is 0 Å². The molecule has 0 bridgehead atoms. The first-order valence-electron chi connectivity index (χ1n) is 9.29. The van der Waals surface area contributed by atoms with Crippen molar-refractivity contribution in [3.05, 3.63) is 27.7 Å². The van der Waals surface area contributed by atoms with Crippen LogP contribution in [0.4, 0.5) is 0 Å². The van der Waals surface area contributed by atoms with Gasteiger partial charge in [-0.25, -0.2) is 0 Å². The Kier molecular flexibility index (Phi) is 5.47. The summed E-state index contributed by atoms with van der Waals surface area (Å²) < 4.78 is 7.22. The largest absolute Gasteiger partial charge is 0.496 e. The van der Waals surface area contributed by atoms with Crippen LogP contribution in [0.1, 0.15) is 48.2 Å². The van der Waals surface area contributed by atoms with Crippen molar-refractivity contribution in [2.75, 3.05) is 34.3 Å². The van der Waals surface area contributed by atoms with E-state index in [0.29, 0.717) is 17.9 Å². The second-order valence-corrected chi connectivity index (χ2v) is 7.29. The lowest BCUT2D eigenvalue weighted by Crippen LogP contribution is -2.45. The Labute approximate surface area is 149 Å². The Bertz CT molecular complexity index is 690. The quantitative estimate of drug-likeness (QED) is 0.836. The molecule has 1 amide bonds. The normalized spacial score (nSPS) is 19.2. The van der Waals surface area contributed by atoms with Gasteiger partial charge < -0.3 is 19.1 Å². The molecule has 0 saturated carbocycles. The van der Waals surface area contributed by atoms with Gasteiger partial charge in [0.1, 0.15) is 11.3 Å². The Balaban J connectivity index is 1.97. The molecular formula is C19H29N3O3. The average Bonchev–Trinajstić information content (AvgIpc) is 2.87. The fourth-order valence-electron chi connectivity index (χ4n) is 4.03. The zero-order chi connectivity index (χ0) is 18.0. The van der Waals surface area contributed by atoms with E-state index in [1.54, 1.807) is 4.57 Å². The fourth-order valence-corrected chi connectivity index (χ4v) is 4.03. The lowest BCUT2D eigenvalue weighted by Gasteiger charge is -2.35. The van der Waals surface area contributed by atoms with Crippen LogP contribution in [0.15, 0.2) is 10.9 Å². The lowest BCUT2D eigenvalue weighted by molar-refractivity contribution is 0.0654. The Morgan fingerprint density at radius 2 is 1.92 bits per heavy atom. The van der Waals surface area contributed by atoms with E-state index in [-0.39, 0.29) is 17.5 Å². The molecule has 0 atom stereocenters. The number of ether oxygens (including phenoxy) is 1. The molecule has 2 aliphatic heterocycles. The van der Waals surface area contributed by atoms with Crippen LogP contribution in [-0.4, -0.2) is 60.6 Å². The second kappa shape index (κ2) is 7.60. The second-order valence-electron chi connectivity index (χ2n) is 7.29. The number of rotatable bonds is 3. The van der Waals surface area contributed by atoms with E-state index in [0.717, 1.165) is 57.3 Å². The SMILES string of the molecule is COc1cc(=O)n2c(c1C(=O)N(C)C1CCN(C)CC1)CCCCC2. The lowest BCUT2D eigenvalue weighted by atomic mass is 10.0. The number of methoxy groups -OCH3 is 1. The molecule has 0 unspecified atom stereocenters. The molecular weight excluding hydrogens is 318 g/mol. The molecule has 1 fully saturated rings. The molecule has 3 rings (SSSR count). The van der Waals surface area contributed by atoms with Gasteiger partial charge in [-0.15, -0.1) is 0 Å². The first kappa shape index (κ1) is 18.0.